The molecule has 3 nitrogen and oxygen atoms in total. The van der Waals surface area contributed by atoms with Gasteiger partial charge in [0.1, 0.15) is 28.9 Å². The van der Waals surface area contributed by atoms with Crippen LogP contribution in [-0.4, -0.2) is 8.42 Å². The van der Waals surface area contributed by atoms with Gasteiger partial charge in [0.2, 0.25) is 0 Å². The summed E-state index contributed by atoms with van der Waals surface area (Å²) in [7, 11) is 1.30. The molecule has 21 heavy (non-hydrogen) atoms. The van der Waals surface area contributed by atoms with Crippen LogP contribution < -0.4 is 4.74 Å². The molecule has 112 valence electrons. The van der Waals surface area contributed by atoms with Crippen molar-refractivity contribution >= 4 is 19.7 Å². The van der Waals surface area contributed by atoms with E-state index < -0.39 is 27.3 Å². The predicted molar refractivity (Wildman–Crippen MR) is 74.9 cm³/mol. The Balaban J connectivity index is 2.33. The molecule has 7 heteroatoms. The van der Waals surface area contributed by atoms with E-state index in [1.807, 2.05) is 0 Å². The maximum Gasteiger partial charge on any atom is 0.264 e. The van der Waals surface area contributed by atoms with E-state index in [0.29, 0.717) is 5.56 Å². The molecule has 0 atom stereocenters. The largest absolute Gasteiger partial charge is 0.487 e. The molecule has 0 aliphatic heterocycles. The van der Waals surface area contributed by atoms with Crippen LogP contribution in [0.4, 0.5) is 8.78 Å². The molecule has 0 amide bonds. The van der Waals surface area contributed by atoms with Gasteiger partial charge in [0.05, 0.1) is 5.56 Å². The first-order chi connectivity index (χ1) is 9.79. The Morgan fingerprint density at radius 3 is 2.33 bits per heavy atom. The monoisotopic (exact) mass is 332 g/mol. The molecule has 2 aromatic carbocycles. The van der Waals surface area contributed by atoms with Crippen LogP contribution in [0.25, 0.3) is 0 Å². The van der Waals surface area contributed by atoms with Gasteiger partial charge < -0.3 is 4.74 Å². The smallest absolute Gasteiger partial charge is 0.264 e. The van der Waals surface area contributed by atoms with Gasteiger partial charge in [0.15, 0.2) is 0 Å². The van der Waals surface area contributed by atoms with Crippen molar-refractivity contribution in [3.05, 3.63) is 59.2 Å². The number of ether oxygens (including phenoxy) is 1. The Hall–Kier alpha value is -1.66. The summed E-state index contributed by atoms with van der Waals surface area (Å²) in [6.07, 6.45) is 0. The van der Waals surface area contributed by atoms with Crippen LogP contribution in [0.15, 0.2) is 41.3 Å². The normalized spacial score (nSPS) is 11.4. The summed E-state index contributed by atoms with van der Waals surface area (Å²) in [6.45, 7) is 1.24. The SMILES string of the molecule is Cc1ccc(OCc2c(F)cccc2F)c(S(=O)(=O)Cl)c1. The lowest BCUT2D eigenvalue weighted by molar-refractivity contribution is 0.285. The minimum absolute atomic E-state index is 0.0572. The first-order valence-electron chi connectivity index (χ1n) is 5.90. The number of hydrogen-bond acceptors (Lipinski definition) is 3. The van der Waals surface area contributed by atoms with Crippen LogP contribution >= 0.6 is 10.7 Å². The molecule has 0 N–H and O–H groups in total. The van der Waals surface area contributed by atoms with Crippen molar-refractivity contribution in [3.8, 4) is 5.75 Å². The minimum Gasteiger partial charge on any atom is -0.487 e. The van der Waals surface area contributed by atoms with E-state index >= 15 is 0 Å². The van der Waals surface area contributed by atoms with Crippen molar-refractivity contribution in [2.45, 2.75) is 18.4 Å². The number of rotatable bonds is 4. The van der Waals surface area contributed by atoms with E-state index in [9.17, 15) is 17.2 Å². The third-order valence-electron chi connectivity index (χ3n) is 2.80. The fourth-order valence-electron chi connectivity index (χ4n) is 1.75. The van der Waals surface area contributed by atoms with E-state index in [0.717, 1.165) is 12.1 Å². The van der Waals surface area contributed by atoms with Gasteiger partial charge in [-0.3, -0.25) is 0 Å². The highest BCUT2D eigenvalue weighted by Gasteiger charge is 2.18. The van der Waals surface area contributed by atoms with Crippen LogP contribution in [-0.2, 0) is 15.7 Å². The predicted octanol–water partition coefficient (Wildman–Crippen LogP) is 3.78. The van der Waals surface area contributed by atoms with Crippen molar-refractivity contribution in [3.63, 3.8) is 0 Å². The number of aryl methyl sites for hydroxylation is 1. The molecule has 2 rings (SSSR count). The Labute approximate surface area is 125 Å². The van der Waals surface area contributed by atoms with Crippen LogP contribution in [0, 0.1) is 18.6 Å². The molecule has 0 aliphatic rings. The third-order valence-corrected chi connectivity index (χ3v) is 4.14. The van der Waals surface area contributed by atoms with Gasteiger partial charge in [-0.1, -0.05) is 12.1 Å². The second kappa shape index (κ2) is 5.99. The van der Waals surface area contributed by atoms with Crippen molar-refractivity contribution < 1.29 is 21.9 Å². The second-order valence-electron chi connectivity index (χ2n) is 4.38. The quantitative estimate of drug-likeness (QED) is 0.800. The summed E-state index contributed by atoms with van der Waals surface area (Å²) in [5.74, 6) is -1.59. The average Bonchev–Trinajstić information content (AvgIpc) is 2.38. The molecule has 0 spiro atoms. The number of halogens is 3. The Bertz CT molecular complexity index is 756. The van der Waals surface area contributed by atoms with Crippen LogP contribution in [0.5, 0.6) is 5.75 Å². The van der Waals surface area contributed by atoms with Crippen molar-refractivity contribution in [1.82, 2.24) is 0 Å². The van der Waals surface area contributed by atoms with Crippen LogP contribution in [0.2, 0.25) is 0 Å². The van der Waals surface area contributed by atoms with Crippen LogP contribution in [0.1, 0.15) is 11.1 Å². The van der Waals surface area contributed by atoms with E-state index in [1.165, 1.54) is 18.2 Å². The number of hydrogen-bond donors (Lipinski definition) is 0. The van der Waals surface area contributed by atoms with E-state index in [4.69, 9.17) is 15.4 Å². The van der Waals surface area contributed by atoms with Gasteiger partial charge in [-0.25, -0.2) is 17.2 Å². The van der Waals surface area contributed by atoms with E-state index in [-0.39, 0.29) is 16.2 Å². The first-order valence-corrected chi connectivity index (χ1v) is 8.21. The molecular weight excluding hydrogens is 322 g/mol. The molecule has 0 fully saturated rings. The zero-order valence-corrected chi connectivity index (χ0v) is 12.5. The van der Waals surface area contributed by atoms with E-state index in [1.54, 1.807) is 13.0 Å². The molecule has 0 radical (unpaired) electrons. The summed E-state index contributed by atoms with van der Waals surface area (Å²) >= 11 is 0. The van der Waals surface area contributed by atoms with Gasteiger partial charge in [-0.15, -0.1) is 0 Å². The zero-order chi connectivity index (χ0) is 15.6. The average molecular weight is 333 g/mol. The fourth-order valence-corrected chi connectivity index (χ4v) is 2.80. The van der Waals surface area contributed by atoms with Gasteiger partial charge in [-0.05, 0) is 36.8 Å². The minimum atomic E-state index is -4.02. The van der Waals surface area contributed by atoms with Crippen molar-refractivity contribution in [2.24, 2.45) is 0 Å². The molecule has 2 aromatic rings. The lowest BCUT2D eigenvalue weighted by Crippen LogP contribution is -2.04. The lowest BCUT2D eigenvalue weighted by atomic mass is 10.2. The summed E-state index contributed by atoms with van der Waals surface area (Å²) in [4.78, 5) is -0.235. The molecule has 0 saturated heterocycles. The first kappa shape index (κ1) is 15.7. The van der Waals surface area contributed by atoms with Crippen molar-refractivity contribution in [2.75, 3.05) is 0 Å². The second-order valence-corrected chi connectivity index (χ2v) is 6.91. The standard InChI is InChI=1S/C14H11ClF2O3S/c1-9-5-6-13(14(7-9)21(15,18)19)20-8-10-11(16)3-2-4-12(10)17/h2-7H,8H2,1H3. The topological polar surface area (TPSA) is 43.4 Å². The summed E-state index contributed by atoms with van der Waals surface area (Å²) in [6, 6.07) is 7.75. The maximum atomic E-state index is 13.5. The summed E-state index contributed by atoms with van der Waals surface area (Å²) in [5.41, 5.74) is 0.384. The molecule has 0 unspecified atom stereocenters. The van der Waals surface area contributed by atoms with E-state index in [2.05, 4.69) is 0 Å². The Kier molecular flexibility index (Phi) is 4.49. The lowest BCUT2D eigenvalue weighted by Gasteiger charge is -2.11. The number of benzene rings is 2. The Morgan fingerprint density at radius 1 is 1.14 bits per heavy atom. The molecule has 0 aliphatic carbocycles. The third kappa shape index (κ3) is 3.71. The fraction of sp³-hybridized carbons (Fsp3) is 0.143. The molecular formula is C14H11ClF2O3S. The van der Waals surface area contributed by atoms with Crippen LogP contribution in [0.3, 0.4) is 0 Å². The molecule has 0 bridgehead atoms. The highest BCUT2D eigenvalue weighted by molar-refractivity contribution is 8.13. The zero-order valence-electron chi connectivity index (χ0n) is 10.9. The summed E-state index contributed by atoms with van der Waals surface area (Å²) in [5, 5.41) is 0. The molecule has 0 saturated carbocycles. The van der Waals surface area contributed by atoms with Gasteiger partial charge in [0.25, 0.3) is 9.05 Å². The highest BCUT2D eigenvalue weighted by Crippen LogP contribution is 2.29. The van der Waals surface area contributed by atoms with Gasteiger partial charge >= 0.3 is 0 Å². The summed E-state index contributed by atoms with van der Waals surface area (Å²) < 4.78 is 55.2. The Morgan fingerprint density at radius 2 is 1.76 bits per heavy atom. The molecule has 0 heterocycles. The van der Waals surface area contributed by atoms with Gasteiger partial charge in [-0.2, -0.15) is 0 Å². The highest BCUT2D eigenvalue weighted by atomic mass is 35.7. The molecule has 0 aromatic heterocycles. The van der Waals surface area contributed by atoms with Gasteiger partial charge in [0, 0.05) is 10.7 Å². The van der Waals surface area contributed by atoms with Crippen molar-refractivity contribution in [1.29, 1.82) is 0 Å². The maximum absolute atomic E-state index is 13.5.